The van der Waals surface area contributed by atoms with Crippen LogP contribution in [0.25, 0.3) is 11.3 Å². The molecule has 1 aliphatic rings. The van der Waals surface area contributed by atoms with Gasteiger partial charge in [0.2, 0.25) is 5.91 Å². The maximum Gasteiger partial charge on any atom is 0.286 e. The molecular weight excluding hydrogens is 400 g/mol. The maximum atomic E-state index is 11.7. The number of thioether (sulfide) groups is 1. The second kappa shape index (κ2) is 8.77. The topological polar surface area (TPSA) is 91.4 Å². The lowest BCUT2D eigenvalue weighted by molar-refractivity contribution is -0.118. The van der Waals surface area contributed by atoms with Crippen LogP contribution in [0.15, 0.2) is 60.7 Å². The van der Waals surface area contributed by atoms with Crippen molar-refractivity contribution in [3.8, 4) is 17.0 Å². The second-order valence-corrected chi connectivity index (χ2v) is 8.36. The number of aryl methyl sites for hydroxylation is 1. The van der Waals surface area contributed by atoms with Crippen molar-refractivity contribution >= 4 is 22.9 Å². The normalized spacial score (nSPS) is 17.1. The fourth-order valence-corrected chi connectivity index (χ4v) is 4.28. The largest absolute Gasteiger partial charge is 0.491 e. The van der Waals surface area contributed by atoms with Crippen LogP contribution >= 0.6 is 11.8 Å². The van der Waals surface area contributed by atoms with Gasteiger partial charge < -0.3 is 14.8 Å². The third-order valence-electron chi connectivity index (χ3n) is 5.02. The molecule has 6 nitrogen and oxygen atoms in total. The summed E-state index contributed by atoms with van der Waals surface area (Å²) in [5.74, 6) is 0.388. The zero-order valence-electron chi connectivity index (χ0n) is 16.4. The van der Waals surface area contributed by atoms with E-state index in [1.807, 2.05) is 55.5 Å². The molecule has 2 atom stereocenters. The predicted octanol–water partition coefficient (Wildman–Crippen LogP) is 4.00. The van der Waals surface area contributed by atoms with E-state index in [2.05, 4.69) is 10.3 Å². The number of aromatic amines is 1. The second-order valence-electron chi connectivity index (χ2n) is 7.19. The Morgan fingerprint density at radius 1 is 1.10 bits per heavy atom. The van der Waals surface area contributed by atoms with E-state index in [4.69, 9.17) is 4.74 Å². The minimum absolute atomic E-state index is 0.127. The molecule has 0 saturated carbocycles. The van der Waals surface area contributed by atoms with Crippen LogP contribution in [0.5, 0.6) is 5.75 Å². The Kier molecular flexibility index (Phi) is 5.92. The number of amides is 2. The molecule has 1 aliphatic heterocycles. The fraction of sp³-hybridized carbons (Fsp3) is 0.217. The third kappa shape index (κ3) is 4.58. The number of carbonyl (C=O) groups excluding carboxylic acids is 2. The highest BCUT2D eigenvalue weighted by molar-refractivity contribution is 8.15. The van der Waals surface area contributed by atoms with Crippen molar-refractivity contribution < 1.29 is 19.4 Å². The van der Waals surface area contributed by atoms with Crippen LogP contribution in [0.2, 0.25) is 0 Å². The van der Waals surface area contributed by atoms with Crippen LogP contribution in [-0.2, 0) is 11.2 Å². The third-order valence-corrected chi connectivity index (χ3v) is 6.00. The van der Waals surface area contributed by atoms with Crippen LogP contribution in [0, 0.1) is 6.92 Å². The summed E-state index contributed by atoms with van der Waals surface area (Å²) in [5, 5.41) is 12.2. The van der Waals surface area contributed by atoms with E-state index in [0.29, 0.717) is 12.2 Å². The molecule has 2 heterocycles. The molecule has 7 heteroatoms. The number of ether oxygens (including phenoxy) is 1. The van der Waals surface area contributed by atoms with Gasteiger partial charge in [-0.15, -0.1) is 0 Å². The Morgan fingerprint density at radius 2 is 1.83 bits per heavy atom. The number of aromatic nitrogens is 1. The Balaban J connectivity index is 1.35. The Morgan fingerprint density at radius 3 is 2.50 bits per heavy atom. The van der Waals surface area contributed by atoms with Gasteiger partial charge >= 0.3 is 0 Å². The molecule has 3 aromatic rings. The van der Waals surface area contributed by atoms with Gasteiger partial charge in [-0.3, -0.25) is 14.9 Å². The summed E-state index contributed by atoms with van der Waals surface area (Å²) in [6.45, 7) is 2.06. The first kappa shape index (κ1) is 20.3. The van der Waals surface area contributed by atoms with Crippen molar-refractivity contribution in [1.82, 2.24) is 10.3 Å². The molecule has 1 aromatic heterocycles. The minimum atomic E-state index is -0.761. The van der Waals surface area contributed by atoms with Crippen LogP contribution in [0.4, 0.5) is 4.79 Å². The average Bonchev–Trinajstić information content (AvgIpc) is 3.29. The van der Waals surface area contributed by atoms with E-state index in [9.17, 15) is 14.7 Å². The summed E-state index contributed by atoms with van der Waals surface area (Å²) in [6.07, 6.45) is -0.279. The molecule has 0 bridgehead atoms. The number of benzene rings is 2. The molecule has 1 saturated heterocycles. The average molecular weight is 423 g/mol. The molecule has 0 aliphatic carbocycles. The molecule has 2 aromatic carbocycles. The molecular formula is C23H22N2O4S. The number of H-pyrrole nitrogens is 1. The van der Waals surface area contributed by atoms with Crippen molar-refractivity contribution in [3.63, 3.8) is 0 Å². The summed E-state index contributed by atoms with van der Waals surface area (Å²) >= 11 is 1.02. The lowest BCUT2D eigenvalue weighted by Crippen LogP contribution is -2.25. The molecule has 0 radical (unpaired) electrons. The number of aliphatic hydroxyl groups excluding tert-OH is 1. The van der Waals surface area contributed by atoms with Crippen molar-refractivity contribution in [2.45, 2.75) is 24.7 Å². The Hall–Kier alpha value is -3.03. The SMILES string of the molecule is Cc1[nH]c(-c2ccccc2)cc1C(O)COc1ccc(CC2SC(=O)NC2=O)cc1. The predicted molar refractivity (Wildman–Crippen MR) is 116 cm³/mol. The standard InChI is InChI=1S/C23H22N2O4S/c1-14-18(12-19(24-14)16-5-3-2-4-6-16)20(26)13-29-17-9-7-15(8-10-17)11-21-22(27)25-23(28)30-21/h2-10,12,20-21,24,26H,11,13H2,1H3,(H,25,27,28). The first-order chi connectivity index (χ1) is 14.5. The van der Waals surface area contributed by atoms with E-state index in [1.165, 1.54) is 0 Å². The van der Waals surface area contributed by atoms with E-state index in [1.54, 1.807) is 12.1 Å². The fourth-order valence-electron chi connectivity index (χ4n) is 3.42. The number of hydrogen-bond acceptors (Lipinski definition) is 5. The van der Waals surface area contributed by atoms with E-state index < -0.39 is 6.10 Å². The number of aliphatic hydroxyl groups is 1. The summed E-state index contributed by atoms with van der Waals surface area (Å²) in [4.78, 5) is 26.3. The number of hydrogen-bond donors (Lipinski definition) is 3. The Labute approximate surface area is 178 Å². The van der Waals surface area contributed by atoms with Crippen LogP contribution in [-0.4, -0.2) is 33.1 Å². The summed E-state index contributed by atoms with van der Waals surface area (Å²) < 4.78 is 5.75. The van der Waals surface area contributed by atoms with Gasteiger partial charge in [-0.1, -0.05) is 54.2 Å². The summed E-state index contributed by atoms with van der Waals surface area (Å²) in [6, 6.07) is 19.3. The van der Waals surface area contributed by atoms with Crippen molar-refractivity contribution in [1.29, 1.82) is 0 Å². The Bertz CT molecular complexity index is 1050. The molecule has 30 heavy (non-hydrogen) atoms. The minimum Gasteiger partial charge on any atom is -0.491 e. The van der Waals surface area contributed by atoms with Crippen LogP contribution < -0.4 is 10.1 Å². The lowest BCUT2D eigenvalue weighted by Gasteiger charge is -2.13. The number of rotatable bonds is 7. The van der Waals surface area contributed by atoms with E-state index >= 15 is 0 Å². The first-order valence-corrected chi connectivity index (χ1v) is 10.5. The highest BCUT2D eigenvalue weighted by atomic mass is 32.2. The number of imide groups is 1. The molecule has 154 valence electrons. The molecule has 3 N–H and O–H groups in total. The monoisotopic (exact) mass is 422 g/mol. The highest BCUT2D eigenvalue weighted by Crippen LogP contribution is 2.27. The van der Waals surface area contributed by atoms with Crippen LogP contribution in [0.3, 0.4) is 0 Å². The van der Waals surface area contributed by atoms with Gasteiger partial charge in [-0.2, -0.15) is 0 Å². The van der Waals surface area contributed by atoms with Crippen molar-refractivity contribution in [3.05, 3.63) is 77.5 Å². The quantitative estimate of drug-likeness (QED) is 0.535. The zero-order valence-corrected chi connectivity index (χ0v) is 17.2. The van der Waals surface area contributed by atoms with Gasteiger partial charge in [-0.05, 0) is 42.7 Å². The molecule has 4 rings (SSSR count). The van der Waals surface area contributed by atoms with Crippen LogP contribution in [0.1, 0.15) is 22.9 Å². The van der Waals surface area contributed by atoms with Crippen molar-refractivity contribution in [2.24, 2.45) is 0 Å². The van der Waals surface area contributed by atoms with Gasteiger partial charge in [0.15, 0.2) is 0 Å². The van der Waals surface area contributed by atoms with Gasteiger partial charge in [0.25, 0.3) is 5.24 Å². The van der Waals surface area contributed by atoms with Gasteiger partial charge in [0, 0.05) is 17.0 Å². The van der Waals surface area contributed by atoms with Gasteiger partial charge in [0.1, 0.15) is 18.5 Å². The molecule has 2 unspecified atom stereocenters. The maximum absolute atomic E-state index is 11.7. The smallest absolute Gasteiger partial charge is 0.286 e. The molecule has 1 fully saturated rings. The molecule has 0 spiro atoms. The van der Waals surface area contributed by atoms with E-state index in [-0.39, 0.29) is 23.0 Å². The number of nitrogens with one attached hydrogen (secondary N) is 2. The highest BCUT2D eigenvalue weighted by Gasteiger charge is 2.31. The van der Waals surface area contributed by atoms with Crippen molar-refractivity contribution in [2.75, 3.05) is 6.61 Å². The first-order valence-electron chi connectivity index (χ1n) is 9.66. The summed E-state index contributed by atoms with van der Waals surface area (Å²) in [5.41, 5.74) is 4.67. The molecule has 2 amide bonds. The summed E-state index contributed by atoms with van der Waals surface area (Å²) in [7, 11) is 0. The van der Waals surface area contributed by atoms with Gasteiger partial charge in [-0.25, -0.2) is 0 Å². The zero-order chi connectivity index (χ0) is 21.1. The van der Waals surface area contributed by atoms with E-state index in [0.717, 1.165) is 39.8 Å². The van der Waals surface area contributed by atoms with Gasteiger partial charge in [0.05, 0.1) is 5.25 Å². The number of carbonyl (C=O) groups is 2. The lowest BCUT2D eigenvalue weighted by atomic mass is 10.1.